The first-order valence-electron chi connectivity index (χ1n) is 12.4. The number of carbonyl (C=O) groups is 2. The number of likely N-dealkylation sites (tertiary alicyclic amines) is 2. The monoisotopic (exact) mass is 426 g/mol. The Hall–Kier alpha value is -1.98. The van der Waals surface area contributed by atoms with Gasteiger partial charge in [0.15, 0.2) is 0 Å². The van der Waals surface area contributed by atoms with Crippen LogP contribution in [-0.2, 0) is 16.0 Å². The third-order valence-electron chi connectivity index (χ3n) is 7.61. The van der Waals surface area contributed by atoms with Gasteiger partial charge in [-0.25, -0.2) is 9.97 Å². The smallest absolute Gasteiger partial charge is 0.227 e. The zero-order chi connectivity index (χ0) is 21.8. The molecule has 1 aliphatic carbocycles. The van der Waals surface area contributed by atoms with Gasteiger partial charge in [0.2, 0.25) is 11.8 Å². The third-order valence-corrected chi connectivity index (χ3v) is 7.61. The lowest BCUT2D eigenvalue weighted by molar-refractivity contribution is -0.133. The first-order valence-corrected chi connectivity index (χ1v) is 12.4. The number of nitrogens with zero attached hydrogens (tertiary/aromatic N) is 4. The molecule has 1 saturated carbocycles. The van der Waals surface area contributed by atoms with E-state index in [1.54, 1.807) is 0 Å². The van der Waals surface area contributed by atoms with Crippen molar-refractivity contribution >= 4 is 11.8 Å². The molecule has 1 atom stereocenters. The fourth-order valence-electron chi connectivity index (χ4n) is 5.63. The van der Waals surface area contributed by atoms with E-state index in [2.05, 4.69) is 0 Å². The van der Waals surface area contributed by atoms with Gasteiger partial charge >= 0.3 is 0 Å². The Labute approximate surface area is 186 Å². The van der Waals surface area contributed by atoms with Gasteiger partial charge in [-0.3, -0.25) is 9.59 Å². The number of amides is 2. The van der Waals surface area contributed by atoms with E-state index in [4.69, 9.17) is 9.97 Å². The number of piperidine rings is 1. The summed E-state index contributed by atoms with van der Waals surface area (Å²) in [6, 6.07) is 0. The highest BCUT2D eigenvalue weighted by Crippen LogP contribution is 2.30. The van der Waals surface area contributed by atoms with Gasteiger partial charge in [-0.1, -0.05) is 25.7 Å². The van der Waals surface area contributed by atoms with Crippen LogP contribution in [0, 0.1) is 19.8 Å². The van der Waals surface area contributed by atoms with Crippen LogP contribution in [0.3, 0.4) is 0 Å². The molecule has 0 radical (unpaired) electrons. The van der Waals surface area contributed by atoms with Crippen LogP contribution in [0.25, 0.3) is 0 Å². The van der Waals surface area contributed by atoms with Gasteiger partial charge in [-0.15, -0.1) is 0 Å². The van der Waals surface area contributed by atoms with Crippen molar-refractivity contribution in [3.8, 4) is 0 Å². The van der Waals surface area contributed by atoms with E-state index in [1.165, 1.54) is 25.7 Å². The maximum Gasteiger partial charge on any atom is 0.227 e. The van der Waals surface area contributed by atoms with Gasteiger partial charge in [0.05, 0.1) is 6.42 Å². The van der Waals surface area contributed by atoms with Crippen molar-refractivity contribution in [1.29, 1.82) is 0 Å². The van der Waals surface area contributed by atoms with Crippen molar-refractivity contribution in [2.75, 3.05) is 26.2 Å². The minimum absolute atomic E-state index is 0.191. The van der Waals surface area contributed by atoms with Crippen molar-refractivity contribution in [2.24, 2.45) is 5.92 Å². The van der Waals surface area contributed by atoms with E-state index < -0.39 is 0 Å². The fraction of sp³-hybridized carbons (Fsp3) is 0.760. The van der Waals surface area contributed by atoms with E-state index in [-0.39, 0.29) is 11.8 Å². The number of aromatic nitrogens is 2. The molecule has 0 spiro atoms. The molecule has 1 aromatic rings. The highest BCUT2D eigenvalue weighted by molar-refractivity contribution is 5.79. The number of hydrogen-bond donors (Lipinski definition) is 0. The van der Waals surface area contributed by atoms with Crippen molar-refractivity contribution in [1.82, 2.24) is 19.8 Å². The lowest BCUT2D eigenvalue weighted by Crippen LogP contribution is -2.39. The van der Waals surface area contributed by atoms with Gasteiger partial charge in [0.1, 0.15) is 5.82 Å². The molecular formula is C25H38N4O2. The van der Waals surface area contributed by atoms with Crippen LogP contribution in [0.1, 0.15) is 92.9 Å². The Balaban J connectivity index is 1.37. The van der Waals surface area contributed by atoms with E-state index >= 15 is 0 Å². The summed E-state index contributed by atoms with van der Waals surface area (Å²) in [5.41, 5.74) is 2.81. The first kappa shape index (κ1) is 22.2. The van der Waals surface area contributed by atoms with Crippen molar-refractivity contribution in [2.45, 2.75) is 90.4 Å². The number of hydrogen-bond acceptors (Lipinski definition) is 4. The van der Waals surface area contributed by atoms with E-state index in [9.17, 15) is 9.59 Å². The molecule has 0 N–H and O–H groups in total. The minimum atomic E-state index is 0.191. The molecule has 2 aliphatic heterocycles. The Kier molecular flexibility index (Phi) is 7.24. The summed E-state index contributed by atoms with van der Waals surface area (Å²) in [4.78, 5) is 39.1. The van der Waals surface area contributed by atoms with Crippen molar-refractivity contribution in [3.05, 3.63) is 22.8 Å². The summed E-state index contributed by atoms with van der Waals surface area (Å²) in [6.45, 7) is 7.34. The third kappa shape index (κ3) is 5.45. The molecule has 4 rings (SSSR count). The van der Waals surface area contributed by atoms with Crippen LogP contribution in [0.15, 0.2) is 0 Å². The highest BCUT2D eigenvalue weighted by Gasteiger charge is 2.28. The second kappa shape index (κ2) is 10.1. The lowest BCUT2D eigenvalue weighted by Gasteiger charge is -2.32. The average Bonchev–Trinajstić information content (AvgIpc) is 3.49. The predicted molar refractivity (Wildman–Crippen MR) is 121 cm³/mol. The van der Waals surface area contributed by atoms with Crippen LogP contribution in [0.2, 0.25) is 0 Å². The molecule has 170 valence electrons. The van der Waals surface area contributed by atoms with E-state index in [0.29, 0.717) is 18.7 Å². The maximum atomic E-state index is 12.8. The van der Waals surface area contributed by atoms with E-state index in [1.807, 2.05) is 23.6 Å². The molecule has 0 aromatic carbocycles. The maximum absolute atomic E-state index is 12.8. The molecule has 3 fully saturated rings. The zero-order valence-electron chi connectivity index (χ0n) is 19.4. The molecule has 2 amide bonds. The predicted octanol–water partition coefficient (Wildman–Crippen LogP) is 3.93. The largest absolute Gasteiger partial charge is 0.342 e. The summed E-state index contributed by atoms with van der Waals surface area (Å²) in [5.74, 6) is 2.30. The van der Waals surface area contributed by atoms with Gasteiger partial charge in [0, 0.05) is 55.5 Å². The second-order valence-corrected chi connectivity index (χ2v) is 9.86. The van der Waals surface area contributed by atoms with Crippen molar-refractivity contribution in [3.63, 3.8) is 0 Å². The molecule has 6 heteroatoms. The Morgan fingerprint density at radius 1 is 0.839 bits per heavy atom. The summed E-state index contributed by atoms with van der Waals surface area (Å²) < 4.78 is 0. The topological polar surface area (TPSA) is 66.4 Å². The molecule has 2 saturated heterocycles. The summed E-state index contributed by atoms with van der Waals surface area (Å²) in [7, 11) is 0. The lowest BCUT2D eigenvalue weighted by atomic mass is 9.95. The fourth-order valence-corrected chi connectivity index (χ4v) is 5.63. The van der Waals surface area contributed by atoms with Gasteiger partial charge in [-0.2, -0.15) is 0 Å². The Bertz CT molecular complexity index is 774. The molecule has 31 heavy (non-hydrogen) atoms. The van der Waals surface area contributed by atoms with Crippen LogP contribution >= 0.6 is 0 Å². The second-order valence-electron chi connectivity index (χ2n) is 9.86. The normalized spacial score (nSPS) is 22.3. The van der Waals surface area contributed by atoms with Crippen LogP contribution < -0.4 is 0 Å². The standard InChI is InChI=1S/C25H38N4O2/c1-18-22(16-24(31)28-13-5-6-14-28)19(2)27-25(26-18)21-10-7-15-29(17-21)23(30)12-11-20-8-3-4-9-20/h20-21H,3-17H2,1-2H3. The molecule has 3 aliphatic rings. The molecule has 1 unspecified atom stereocenters. The SMILES string of the molecule is Cc1nc(C2CCCN(C(=O)CCC3CCCC3)C2)nc(C)c1CC(=O)N1CCCC1. The number of rotatable bonds is 6. The molecule has 1 aromatic heterocycles. The number of aryl methyl sites for hydroxylation is 2. The zero-order valence-corrected chi connectivity index (χ0v) is 19.4. The van der Waals surface area contributed by atoms with Crippen LogP contribution in [0.4, 0.5) is 0 Å². The highest BCUT2D eigenvalue weighted by atomic mass is 16.2. The first-order chi connectivity index (χ1) is 15.0. The molecule has 6 nitrogen and oxygen atoms in total. The Morgan fingerprint density at radius 3 is 2.16 bits per heavy atom. The summed E-state index contributed by atoms with van der Waals surface area (Å²) >= 11 is 0. The van der Waals surface area contributed by atoms with Gasteiger partial charge in [-0.05, 0) is 51.9 Å². The van der Waals surface area contributed by atoms with Crippen molar-refractivity contribution < 1.29 is 9.59 Å². The average molecular weight is 427 g/mol. The molecule has 0 bridgehead atoms. The number of carbonyl (C=O) groups excluding carboxylic acids is 2. The minimum Gasteiger partial charge on any atom is -0.342 e. The Morgan fingerprint density at radius 2 is 1.48 bits per heavy atom. The van der Waals surface area contributed by atoms with Gasteiger partial charge < -0.3 is 9.80 Å². The summed E-state index contributed by atoms with van der Waals surface area (Å²) in [6.07, 6.45) is 11.7. The summed E-state index contributed by atoms with van der Waals surface area (Å²) in [5, 5.41) is 0. The molecular weight excluding hydrogens is 388 g/mol. The van der Waals surface area contributed by atoms with Crippen LogP contribution in [-0.4, -0.2) is 57.8 Å². The van der Waals surface area contributed by atoms with Gasteiger partial charge in [0.25, 0.3) is 0 Å². The molecule has 3 heterocycles. The van der Waals surface area contributed by atoms with E-state index in [0.717, 1.165) is 87.0 Å². The van der Waals surface area contributed by atoms with Crippen LogP contribution in [0.5, 0.6) is 0 Å². The quantitative estimate of drug-likeness (QED) is 0.691.